The standard InChI is InChI=1S/C15H24N2O2/c1-11-8-12(10-17(11)7-6-16)14-5-4-13(18-2)9-15(14)19-3/h4-5,9,11-12H,6-8,10,16H2,1-3H3. The summed E-state index contributed by atoms with van der Waals surface area (Å²) in [6.07, 6.45) is 1.16. The van der Waals surface area contributed by atoms with Gasteiger partial charge in [0.1, 0.15) is 11.5 Å². The van der Waals surface area contributed by atoms with Crippen molar-refractivity contribution in [1.29, 1.82) is 0 Å². The summed E-state index contributed by atoms with van der Waals surface area (Å²) in [5.74, 6) is 2.28. The van der Waals surface area contributed by atoms with Crippen molar-refractivity contribution in [2.75, 3.05) is 33.9 Å². The second-order valence-electron chi connectivity index (χ2n) is 5.17. The number of nitrogens with two attached hydrogens (primary N) is 1. The SMILES string of the molecule is COc1ccc(C2CC(C)N(CCN)C2)c(OC)c1. The molecule has 0 spiro atoms. The van der Waals surface area contributed by atoms with Gasteiger partial charge >= 0.3 is 0 Å². The lowest BCUT2D eigenvalue weighted by Gasteiger charge is -2.19. The lowest BCUT2D eigenvalue weighted by atomic mass is 9.95. The first-order valence-electron chi connectivity index (χ1n) is 6.85. The van der Waals surface area contributed by atoms with E-state index >= 15 is 0 Å². The van der Waals surface area contributed by atoms with Gasteiger partial charge in [-0.15, -0.1) is 0 Å². The second-order valence-corrected chi connectivity index (χ2v) is 5.17. The number of hydrogen-bond acceptors (Lipinski definition) is 4. The molecule has 4 heteroatoms. The first kappa shape index (κ1) is 14.2. The van der Waals surface area contributed by atoms with E-state index in [2.05, 4.69) is 17.9 Å². The number of nitrogens with zero attached hydrogens (tertiary/aromatic N) is 1. The molecule has 1 aliphatic rings. The summed E-state index contributed by atoms with van der Waals surface area (Å²) in [6, 6.07) is 6.68. The third-order valence-electron chi connectivity index (χ3n) is 4.00. The highest BCUT2D eigenvalue weighted by Crippen LogP contribution is 2.37. The smallest absolute Gasteiger partial charge is 0.126 e. The molecule has 2 N–H and O–H groups in total. The highest BCUT2D eigenvalue weighted by Gasteiger charge is 2.31. The molecular weight excluding hydrogens is 240 g/mol. The monoisotopic (exact) mass is 264 g/mol. The van der Waals surface area contributed by atoms with Crippen LogP contribution in [0, 0.1) is 0 Å². The average molecular weight is 264 g/mol. The van der Waals surface area contributed by atoms with Crippen LogP contribution in [0.5, 0.6) is 11.5 Å². The Morgan fingerprint density at radius 3 is 2.74 bits per heavy atom. The van der Waals surface area contributed by atoms with Gasteiger partial charge in [-0.3, -0.25) is 4.90 Å². The lowest BCUT2D eigenvalue weighted by Crippen LogP contribution is -2.32. The van der Waals surface area contributed by atoms with Crippen LogP contribution in [0.3, 0.4) is 0 Å². The molecule has 4 nitrogen and oxygen atoms in total. The lowest BCUT2D eigenvalue weighted by molar-refractivity contribution is 0.275. The molecule has 0 amide bonds. The topological polar surface area (TPSA) is 47.7 Å². The van der Waals surface area contributed by atoms with Crippen molar-refractivity contribution in [3.63, 3.8) is 0 Å². The summed E-state index contributed by atoms with van der Waals surface area (Å²) in [4.78, 5) is 2.45. The molecule has 0 bridgehead atoms. The Balaban J connectivity index is 2.18. The minimum Gasteiger partial charge on any atom is -0.497 e. The maximum Gasteiger partial charge on any atom is 0.126 e. The van der Waals surface area contributed by atoms with Gasteiger partial charge in [0.15, 0.2) is 0 Å². The molecule has 106 valence electrons. The molecule has 1 saturated heterocycles. The predicted octanol–water partition coefficient (Wildman–Crippen LogP) is 1.84. The van der Waals surface area contributed by atoms with Crippen molar-refractivity contribution >= 4 is 0 Å². The average Bonchev–Trinajstić information content (AvgIpc) is 2.79. The summed E-state index contributed by atoms with van der Waals surface area (Å²) < 4.78 is 10.8. The Hall–Kier alpha value is -1.26. The van der Waals surface area contributed by atoms with Crippen LogP contribution in [0.15, 0.2) is 18.2 Å². The highest BCUT2D eigenvalue weighted by atomic mass is 16.5. The predicted molar refractivity (Wildman–Crippen MR) is 77.0 cm³/mol. The van der Waals surface area contributed by atoms with E-state index in [-0.39, 0.29) is 0 Å². The molecule has 19 heavy (non-hydrogen) atoms. The van der Waals surface area contributed by atoms with E-state index in [9.17, 15) is 0 Å². The fraction of sp³-hybridized carbons (Fsp3) is 0.600. The third kappa shape index (κ3) is 3.01. The quantitative estimate of drug-likeness (QED) is 0.881. The Kier molecular flexibility index (Phi) is 4.66. The Morgan fingerprint density at radius 1 is 1.32 bits per heavy atom. The van der Waals surface area contributed by atoms with Gasteiger partial charge in [-0.25, -0.2) is 0 Å². The first-order valence-corrected chi connectivity index (χ1v) is 6.85. The van der Waals surface area contributed by atoms with E-state index in [4.69, 9.17) is 15.2 Å². The number of hydrogen-bond donors (Lipinski definition) is 1. The minimum atomic E-state index is 0.516. The molecule has 2 atom stereocenters. The van der Waals surface area contributed by atoms with Crippen LogP contribution >= 0.6 is 0 Å². The van der Waals surface area contributed by atoms with Crippen LogP contribution in [0.25, 0.3) is 0 Å². The molecule has 1 aromatic carbocycles. The van der Waals surface area contributed by atoms with Crippen molar-refractivity contribution in [3.05, 3.63) is 23.8 Å². The zero-order chi connectivity index (χ0) is 13.8. The molecule has 0 radical (unpaired) electrons. The van der Waals surface area contributed by atoms with E-state index in [0.717, 1.165) is 37.6 Å². The van der Waals surface area contributed by atoms with Crippen molar-refractivity contribution in [1.82, 2.24) is 4.90 Å². The molecule has 1 heterocycles. The zero-order valence-corrected chi connectivity index (χ0v) is 12.1. The molecular formula is C15H24N2O2. The summed E-state index contributed by atoms with van der Waals surface area (Å²) in [7, 11) is 3.39. The maximum atomic E-state index is 5.67. The van der Waals surface area contributed by atoms with Gasteiger partial charge in [0.05, 0.1) is 14.2 Å². The van der Waals surface area contributed by atoms with Crippen LogP contribution in [0.4, 0.5) is 0 Å². The van der Waals surface area contributed by atoms with E-state index in [1.54, 1.807) is 14.2 Å². The third-order valence-corrected chi connectivity index (χ3v) is 4.00. The Bertz CT molecular complexity index is 423. The Morgan fingerprint density at radius 2 is 2.11 bits per heavy atom. The second kappa shape index (κ2) is 6.26. The van der Waals surface area contributed by atoms with Crippen LogP contribution < -0.4 is 15.2 Å². The van der Waals surface area contributed by atoms with E-state index < -0.39 is 0 Å². The fourth-order valence-electron chi connectivity index (χ4n) is 2.96. The van der Waals surface area contributed by atoms with Gasteiger partial charge in [0.25, 0.3) is 0 Å². The van der Waals surface area contributed by atoms with E-state index in [1.807, 2.05) is 12.1 Å². The summed E-state index contributed by atoms with van der Waals surface area (Å²) in [5.41, 5.74) is 6.94. The number of benzene rings is 1. The molecule has 0 aliphatic carbocycles. The Labute approximate surface area is 115 Å². The molecule has 2 unspecified atom stereocenters. The van der Waals surface area contributed by atoms with Crippen molar-refractivity contribution < 1.29 is 9.47 Å². The number of ether oxygens (including phenoxy) is 2. The molecule has 1 aliphatic heterocycles. The normalized spacial score (nSPS) is 23.6. The van der Waals surface area contributed by atoms with Gasteiger partial charge in [-0.1, -0.05) is 6.07 Å². The van der Waals surface area contributed by atoms with Gasteiger partial charge in [0.2, 0.25) is 0 Å². The zero-order valence-electron chi connectivity index (χ0n) is 12.1. The van der Waals surface area contributed by atoms with Crippen molar-refractivity contribution in [2.45, 2.75) is 25.3 Å². The molecule has 1 aromatic rings. The van der Waals surface area contributed by atoms with Crippen molar-refractivity contribution in [2.24, 2.45) is 5.73 Å². The van der Waals surface area contributed by atoms with Gasteiger partial charge in [0, 0.05) is 37.7 Å². The summed E-state index contributed by atoms with van der Waals surface area (Å²) >= 11 is 0. The maximum absolute atomic E-state index is 5.67. The summed E-state index contributed by atoms with van der Waals surface area (Å²) in [6.45, 7) is 5.01. The van der Waals surface area contributed by atoms with E-state index in [0.29, 0.717) is 12.0 Å². The molecule has 2 rings (SSSR count). The molecule has 0 aromatic heterocycles. The highest BCUT2D eigenvalue weighted by molar-refractivity contribution is 5.43. The molecule has 0 saturated carbocycles. The number of rotatable bonds is 5. The van der Waals surface area contributed by atoms with Crippen LogP contribution in [0.2, 0.25) is 0 Å². The van der Waals surface area contributed by atoms with Crippen molar-refractivity contribution in [3.8, 4) is 11.5 Å². The van der Waals surface area contributed by atoms with Gasteiger partial charge in [-0.2, -0.15) is 0 Å². The largest absolute Gasteiger partial charge is 0.497 e. The van der Waals surface area contributed by atoms with Gasteiger partial charge < -0.3 is 15.2 Å². The van der Waals surface area contributed by atoms with Gasteiger partial charge in [-0.05, 0) is 25.0 Å². The van der Waals surface area contributed by atoms with E-state index in [1.165, 1.54) is 5.56 Å². The number of methoxy groups -OCH3 is 2. The first-order chi connectivity index (χ1) is 9.19. The van der Waals surface area contributed by atoms with Crippen LogP contribution in [-0.4, -0.2) is 44.8 Å². The summed E-state index contributed by atoms with van der Waals surface area (Å²) in [5, 5.41) is 0. The molecule has 1 fully saturated rings. The van der Waals surface area contributed by atoms with Crippen LogP contribution in [-0.2, 0) is 0 Å². The fourth-order valence-corrected chi connectivity index (χ4v) is 2.96. The number of likely N-dealkylation sites (tertiary alicyclic amines) is 1. The minimum absolute atomic E-state index is 0.516. The van der Waals surface area contributed by atoms with Crippen LogP contribution in [0.1, 0.15) is 24.8 Å².